The average Bonchev–Trinajstić information content (AvgIpc) is 3.17. The fourth-order valence-corrected chi connectivity index (χ4v) is 3.23. The summed E-state index contributed by atoms with van der Waals surface area (Å²) in [6.07, 6.45) is 2.41. The molecule has 0 radical (unpaired) electrons. The quantitative estimate of drug-likeness (QED) is 0.802. The topological polar surface area (TPSA) is 46.6 Å². The van der Waals surface area contributed by atoms with Crippen molar-refractivity contribution in [3.8, 4) is 0 Å². The smallest absolute Gasteiger partial charge is 0.310 e. The molecule has 0 aromatic heterocycles. The molecule has 2 fully saturated rings. The molecule has 2 aliphatic rings. The summed E-state index contributed by atoms with van der Waals surface area (Å²) in [5.74, 6) is -0.559. The van der Waals surface area contributed by atoms with Crippen molar-refractivity contribution in [3.05, 3.63) is 34.9 Å². The van der Waals surface area contributed by atoms with Gasteiger partial charge in [-0.15, -0.1) is 0 Å². The molecule has 1 amide bonds. The third-order valence-corrected chi connectivity index (χ3v) is 4.80. The minimum atomic E-state index is -0.316. The van der Waals surface area contributed by atoms with E-state index < -0.39 is 0 Å². The zero-order valence-corrected chi connectivity index (χ0v) is 12.7. The van der Waals surface area contributed by atoms with Gasteiger partial charge < -0.3 is 9.64 Å². The molecular formula is C16H18ClNO3. The van der Waals surface area contributed by atoms with Gasteiger partial charge in [0.25, 0.3) is 0 Å². The van der Waals surface area contributed by atoms with Gasteiger partial charge in [-0.25, -0.2) is 0 Å². The van der Waals surface area contributed by atoms with Crippen LogP contribution >= 0.6 is 11.6 Å². The first-order valence-electron chi connectivity index (χ1n) is 7.16. The van der Waals surface area contributed by atoms with Gasteiger partial charge in [0, 0.05) is 29.9 Å². The van der Waals surface area contributed by atoms with Crippen LogP contribution in [0.5, 0.6) is 0 Å². The Bertz CT molecular complexity index is 565. The maximum atomic E-state index is 12.1. The lowest BCUT2D eigenvalue weighted by Crippen LogP contribution is -2.34. The lowest BCUT2D eigenvalue weighted by atomic mass is 9.95. The van der Waals surface area contributed by atoms with Gasteiger partial charge in [-0.1, -0.05) is 23.7 Å². The highest BCUT2D eigenvalue weighted by Crippen LogP contribution is 2.49. The number of esters is 1. The summed E-state index contributed by atoms with van der Waals surface area (Å²) in [5.41, 5.74) is 1.27. The van der Waals surface area contributed by atoms with Crippen LogP contribution in [0.25, 0.3) is 0 Å². The molecule has 1 saturated carbocycles. The van der Waals surface area contributed by atoms with Crippen molar-refractivity contribution in [3.63, 3.8) is 0 Å². The second-order valence-corrected chi connectivity index (χ2v) is 6.42. The number of halogens is 1. The number of carbonyl (C=O) groups excluding carboxylic acids is 2. The number of ether oxygens (including phenoxy) is 1. The van der Waals surface area contributed by atoms with E-state index in [0.29, 0.717) is 13.1 Å². The van der Waals surface area contributed by atoms with E-state index in [-0.39, 0.29) is 29.6 Å². The van der Waals surface area contributed by atoms with Crippen LogP contribution in [0.2, 0.25) is 5.02 Å². The van der Waals surface area contributed by atoms with Crippen molar-refractivity contribution in [1.82, 2.24) is 4.90 Å². The summed E-state index contributed by atoms with van der Waals surface area (Å²) in [6, 6.07) is 7.85. The SMILES string of the molecule is COC(=O)C1CC(=O)N(CC2(c3ccc(Cl)cc3)CC2)C1. The predicted octanol–water partition coefficient (Wildman–Crippen LogP) is 2.39. The molecule has 1 aliphatic heterocycles. The van der Waals surface area contributed by atoms with E-state index in [0.717, 1.165) is 17.9 Å². The zero-order valence-electron chi connectivity index (χ0n) is 12.0. The number of hydrogen-bond donors (Lipinski definition) is 0. The molecule has 1 aromatic rings. The van der Waals surface area contributed by atoms with E-state index in [4.69, 9.17) is 16.3 Å². The molecular weight excluding hydrogens is 290 g/mol. The summed E-state index contributed by atoms with van der Waals surface area (Å²) < 4.78 is 4.74. The standard InChI is InChI=1S/C16H18ClNO3/c1-21-15(20)11-8-14(19)18(9-11)10-16(6-7-16)12-2-4-13(17)5-3-12/h2-5,11H,6-10H2,1H3. The van der Waals surface area contributed by atoms with Gasteiger partial charge in [-0.05, 0) is 30.5 Å². The van der Waals surface area contributed by atoms with E-state index in [2.05, 4.69) is 0 Å². The maximum absolute atomic E-state index is 12.1. The Labute approximate surface area is 129 Å². The van der Waals surface area contributed by atoms with Gasteiger partial charge in [0.1, 0.15) is 0 Å². The molecule has 4 nitrogen and oxygen atoms in total. The van der Waals surface area contributed by atoms with E-state index in [1.165, 1.54) is 12.7 Å². The Kier molecular flexibility index (Phi) is 3.66. The number of amides is 1. The summed E-state index contributed by atoms with van der Waals surface area (Å²) in [5, 5.41) is 0.720. The van der Waals surface area contributed by atoms with E-state index in [1.807, 2.05) is 29.2 Å². The largest absolute Gasteiger partial charge is 0.469 e. The third kappa shape index (κ3) is 2.77. The minimum absolute atomic E-state index is 0.0469. The highest BCUT2D eigenvalue weighted by Gasteiger charge is 2.48. The second-order valence-electron chi connectivity index (χ2n) is 5.99. The van der Waals surface area contributed by atoms with Gasteiger partial charge in [-0.3, -0.25) is 9.59 Å². The molecule has 1 heterocycles. The molecule has 1 unspecified atom stereocenters. The van der Waals surface area contributed by atoms with Gasteiger partial charge in [-0.2, -0.15) is 0 Å². The molecule has 0 N–H and O–H groups in total. The molecule has 0 bridgehead atoms. The third-order valence-electron chi connectivity index (χ3n) is 4.55. The molecule has 0 spiro atoms. The summed E-state index contributed by atoms with van der Waals surface area (Å²) in [4.78, 5) is 25.5. The van der Waals surface area contributed by atoms with Crippen LogP contribution in [0.3, 0.4) is 0 Å². The number of likely N-dealkylation sites (tertiary alicyclic amines) is 1. The Hall–Kier alpha value is -1.55. The molecule has 1 atom stereocenters. The van der Waals surface area contributed by atoms with Crippen LogP contribution in [-0.4, -0.2) is 37.0 Å². The van der Waals surface area contributed by atoms with Crippen molar-refractivity contribution in [2.75, 3.05) is 20.2 Å². The Morgan fingerprint density at radius 2 is 2.05 bits per heavy atom. The fourth-order valence-electron chi connectivity index (χ4n) is 3.11. The molecule has 5 heteroatoms. The zero-order chi connectivity index (χ0) is 15.0. The Morgan fingerprint density at radius 3 is 2.62 bits per heavy atom. The first-order valence-corrected chi connectivity index (χ1v) is 7.53. The van der Waals surface area contributed by atoms with Gasteiger partial charge >= 0.3 is 5.97 Å². The van der Waals surface area contributed by atoms with Crippen LogP contribution in [-0.2, 0) is 19.7 Å². The van der Waals surface area contributed by atoms with Crippen LogP contribution in [0.4, 0.5) is 0 Å². The number of methoxy groups -OCH3 is 1. The van der Waals surface area contributed by atoms with Crippen molar-refractivity contribution in [2.24, 2.45) is 5.92 Å². The monoisotopic (exact) mass is 307 g/mol. The van der Waals surface area contributed by atoms with Crippen LogP contribution < -0.4 is 0 Å². The van der Waals surface area contributed by atoms with Crippen molar-refractivity contribution < 1.29 is 14.3 Å². The van der Waals surface area contributed by atoms with Crippen molar-refractivity contribution in [2.45, 2.75) is 24.7 Å². The first kappa shape index (κ1) is 14.4. The molecule has 1 aliphatic carbocycles. The predicted molar refractivity (Wildman–Crippen MR) is 79.1 cm³/mol. The molecule has 1 saturated heterocycles. The highest BCUT2D eigenvalue weighted by molar-refractivity contribution is 6.30. The van der Waals surface area contributed by atoms with E-state index in [1.54, 1.807) is 0 Å². The Balaban J connectivity index is 1.70. The van der Waals surface area contributed by atoms with E-state index >= 15 is 0 Å². The summed E-state index contributed by atoms with van der Waals surface area (Å²) in [6.45, 7) is 1.15. The first-order chi connectivity index (χ1) is 10.0. The van der Waals surface area contributed by atoms with E-state index in [9.17, 15) is 9.59 Å². The van der Waals surface area contributed by atoms with Gasteiger partial charge in [0.2, 0.25) is 5.91 Å². The summed E-state index contributed by atoms with van der Waals surface area (Å²) >= 11 is 5.93. The average molecular weight is 308 g/mol. The molecule has 3 rings (SSSR count). The Morgan fingerprint density at radius 1 is 1.38 bits per heavy atom. The maximum Gasteiger partial charge on any atom is 0.310 e. The minimum Gasteiger partial charge on any atom is -0.469 e. The number of rotatable bonds is 4. The van der Waals surface area contributed by atoms with Gasteiger partial charge in [0.15, 0.2) is 0 Å². The fraction of sp³-hybridized carbons (Fsp3) is 0.500. The molecule has 1 aromatic carbocycles. The molecule has 21 heavy (non-hydrogen) atoms. The second kappa shape index (κ2) is 5.34. The van der Waals surface area contributed by atoms with Crippen molar-refractivity contribution in [1.29, 1.82) is 0 Å². The normalized spacial score (nSPS) is 23.2. The summed E-state index contributed by atoms with van der Waals surface area (Å²) in [7, 11) is 1.37. The number of hydrogen-bond acceptors (Lipinski definition) is 3. The van der Waals surface area contributed by atoms with Crippen molar-refractivity contribution >= 4 is 23.5 Å². The number of benzene rings is 1. The van der Waals surface area contributed by atoms with Gasteiger partial charge in [0.05, 0.1) is 13.0 Å². The lowest BCUT2D eigenvalue weighted by Gasteiger charge is -2.24. The van der Waals surface area contributed by atoms with Crippen LogP contribution in [0, 0.1) is 5.92 Å². The highest BCUT2D eigenvalue weighted by atomic mass is 35.5. The lowest BCUT2D eigenvalue weighted by molar-refractivity contribution is -0.145. The van der Waals surface area contributed by atoms with Crippen LogP contribution in [0.1, 0.15) is 24.8 Å². The number of nitrogens with zero attached hydrogens (tertiary/aromatic N) is 1. The number of carbonyl (C=O) groups is 2. The van der Waals surface area contributed by atoms with Crippen LogP contribution in [0.15, 0.2) is 24.3 Å². The molecule has 112 valence electrons.